The normalized spacial score (nSPS) is 22.1. The lowest BCUT2D eigenvalue weighted by Crippen LogP contribution is -2.36. The van der Waals surface area contributed by atoms with Gasteiger partial charge in [-0.15, -0.1) is 0 Å². The zero-order chi connectivity index (χ0) is 10.5. The van der Waals surface area contributed by atoms with Gasteiger partial charge in [-0.1, -0.05) is 30.3 Å². The van der Waals surface area contributed by atoms with Crippen LogP contribution in [0.2, 0.25) is 0 Å². The second-order valence-corrected chi connectivity index (χ2v) is 4.31. The SMILES string of the molecule is CNCC1CCCN1Cc1ccccc1. The third kappa shape index (κ3) is 2.80. The second-order valence-electron chi connectivity index (χ2n) is 4.31. The maximum absolute atomic E-state index is 3.28. The first-order valence-corrected chi connectivity index (χ1v) is 5.82. The Morgan fingerprint density at radius 1 is 1.33 bits per heavy atom. The van der Waals surface area contributed by atoms with E-state index in [9.17, 15) is 0 Å². The summed E-state index contributed by atoms with van der Waals surface area (Å²) in [5.74, 6) is 0. The summed E-state index contributed by atoms with van der Waals surface area (Å²) in [6.07, 6.45) is 2.69. The summed E-state index contributed by atoms with van der Waals surface area (Å²) in [7, 11) is 2.04. The molecule has 15 heavy (non-hydrogen) atoms. The van der Waals surface area contributed by atoms with Crippen molar-refractivity contribution in [1.82, 2.24) is 10.2 Å². The third-order valence-corrected chi connectivity index (χ3v) is 3.17. The van der Waals surface area contributed by atoms with E-state index >= 15 is 0 Å². The van der Waals surface area contributed by atoms with Gasteiger partial charge in [-0.05, 0) is 32.0 Å². The van der Waals surface area contributed by atoms with Crippen molar-refractivity contribution in [2.24, 2.45) is 0 Å². The molecule has 2 rings (SSSR count). The van der Waals surface area contributed by atoms with Crippen LogP contribution in [-0.2, 0) is 6.54 Å². The highest BCUT2D eigenvalue weighted by molar-refractivity contribution is 5.14. The van der Waals surface area contributed by atoms with E-state index in [2.05, 4.69) is 40.5 Å². The smallest absolute Gasteiger partial charge is 0.0237 e. The first-order valence-electron chi connectivity index (χ1n) is 5.82. The topological polar surface area (TPSA) is 15.3 Å². The van der Waals surface area contributed by atoms with Crippen molar-refractivity contribution in [2.75, 3.05) is 20.1 Å². The fourth-order valence-electron chi connectivity index (χ4n) is 2.39. The summed E-state index contributed by atoms with van der Waals surface area (Å²) in [6, 6.07) is 11.5. The van der Waals surface area contributed by atoms with Gasteiger partial charge >= 0.3 is 0 Å². The molecule has 1 unspecified atom stereocenters. The van der Waals surface area contributed by atoms with Crippen LogP contribution < -0.4 is 5.32 Å². The lowest BCUT2D eigenvalue weighted by molar-refractivity contribution is 0.242. The standard InChI is InChI=1S/C13H20N2/c1-14-10-13-8-5-9-15(13)11-12-6-3-2-4-7-12/h2-4,6-7,13-14H,5,8-11H2,1H3. The molecule has 0 aromatic heterocycles. The first-order chi connectivity index (χ1) is 7.40. The van der Waals surface area contributed by atoms with E-state index in [-0.39, 0.29) is 0 Å². The van der Waals surface area contributed by atoms with Crippen LogP contribution in [0.1, 0.15) is 18.4 Å². The van der Waals surface area contributed by atoms with Crippen LogP contribution >= 0.6 is 0 Å². The zero-order valence-electron chi connectivity index (χ0n) is 9.45. The molecule has 0 radical (unpaired) electrons. The fourth-order valence-corrected chi connectivity index (χ4v) is 2.39. The first kappa shape index (κ1) is 10.7. The molecular weight excluding hydrogens is 184 g/mol. The van der Waals surface area contributed by atoms with E-state index < -0.39 is 0 Å². The minimum atomic E-state index is 0.732. The molecule has 1 aromatic rings. The van der Waals surface area contributed by atoms with Gasteiger partial charge in [0, 0.05) is 19.1 Å². The van der Waals surface area contributed by atoms with Gasteiger partial charge in [0.2, 0.25) is 0 Å². The molecule has 2 heteroatoms. The molecule has 82 valence electrons. The van der Waals surface area contributed by atoms with Crippen LogP contribution in [0.4, 0.5) is 0 Å². The highest BCUT2D eigenvalue weighted by Crippen LogP contribution is 2.19. The van der Waals surface area contributed by atoms with E-state index in [1.165, 1.54) is 24.9 Å². The van der Waals surface area contributed by atoms with Gasteiger partial charge in [-0.25, -0.2) is 0 Å². The molecule has 0 spiro atoms. The number of rotatable bonds is 4. The molecular formula is C13H20N2. The molecule has 1 N–H and O–H groups in total. The summed E-state index contributed by atoms with van der Waals surface area (Å²) in [6.45, 7) is 3.47. The van der Waals surface area contributed by atoms with Gasteiger partial charge in [0.05, 0.1) is 0 Å². The second kappa shape index (κ2) is 5.29. The van der Waals surface area contributed by atoms with Gasteiger partial charge in [0.1, 0.15) is 0 Å². The van der Waals surface area contributed by atoms with Crippen molar-refractivity contribution < 1.29 is 0 Å². The Hall–Kier alpha value is -0.860. The van der Waals surface area contributed by atoms with E-state index in [1.807, 2.05) is 7.05 Å². The molecule has 1 fully saturated rings. The van der Waals surface area contributed by atoms with Crippen LogP contribution in [0.15, 0.2) is 30.3 Å². The molecule has 1 aliphatic rings. The predicted octanol–water partition coefficient (Wildman–Crippen LogP) is 1.87. The van der Waals surface area contributed by atoms with Crippen molar-refractivity contribution >= 4 is 0 Å². The molecule has 1 aliphatic heterocycles. The van der Waals surface area contributed by atoms with Gasteiger partial charge in [-0.2, -0.15) is 0 Å². The molecule has 0 saturated carbocycles. The van der Waals surface area contributed by atoms with E-state index in [0.29, 0.717) is 0 Å². The van der Waals surface area contributed by atoms with Crippen molar-refractivity contribution in [3.8, 4) is 0 Å². The average Bonchev–Trinajstić information content (AvgIpc) is 2.68. The minimum absolute atomic E-state index is 0.732. The molecule has 1 saturated heterocycles. The maximum Gasteiger partial charge on any atom is 0.0237 e. The molecule has 0 aliphatic carbocycles. The number of benzene rings is 1. The predicted molar refractivity (Wildman–Crippen MR) is 63.8 cm³/mol. The summed E-state index contributed by atoms with van der Waals surface area (Å²) < 4.78 is 0. The van der Waals surface area contributed by atoms with Crippen LogP contribution in [0, 0.1) is 0 Å². The highest BCUT2D eigenvalue weighted by atomic mass is 15.2. The Morgan fingerprint density at radius 3 is 2.87 bits per heavy atom. The Kier molecular flexibility index (Phi) is 3.75. The lowest BCUT2D eigenvalue weighted by Gasteiger charge is -2.24. The molecule has 0 bridgehead atoms. The third-order valence-electron chi connectivity index (χ3n) is 3.17. The van der Waals surface area contributed by atoms with Gasteiger partial charge in [0.25, 0.3) is 0 Å². The summed E-state index contributed by atoms with van der Waals surface area (Å²) in [5, 5.41) is 3.28. The highest BCUT2D eigenvalue weighted by Gasteiger charge is 2.23. The summed E-state index contributed by atoms with van der Waals surface area (Å²) >= 11 is 0. The van der Waals surface area contributed by atoms with Gasteiger partial charge in [0.15, 0.2) is 0 Å². The maximum atomic E-state index is 3.28. The van der Waals surface area contributed by atoms with Gasteiger partial charge in [-0.3, -0.25) is 4.90 Å². The zero-order valence-corrected chi connectivity index (χ0v) is 9.45. The Labute approximate surface area is 92.3 Å². The van der Waals surface area contributed by atoms with Crippen LogP contribution in [0.5, 0.6) is 0 Å². The number of likely N-dealkylation sites (tertiary alicyclic amines) is 1. The van der Waals surface area contributed by atoms with Crippen LogP contribution in [0.3, 0.4) is 0 Å². The van der Waals surface area contributed by atoms with Crippen molar-refractivity contribution in [3.63, 3.8) is 0 Å². The molecule has 1 atom stereocenters. The minimum Gasteiger partial charge on any atom is -0.318 e. The number of hydrogen-bond donors (Lipinski definition) is 1. The van der Waals surface area contributed by atoms with Crippen LogP contribution in [-0.4, -0.2) is 31.1 Å². The number of likely N-dealkylation sites (N-methyl/N-ethyl adjacent to an activating group) is 1. The van der Waals surface area contributed by atoms with E-state index in [1.54, 1.807) is 0 Å². The lowest BCUT2D eigenvalue weighted by atomic mass is 10.2. The van der Waals surface area contributed by atoms with Crippen molar-refractivity contribution in [3.05, 3.63) is 35.9 Å². The average molecular weight is 204 g/mol. The molecule has 1 aromatic carbocycles. The molecule has 0 amide bonds. The summed E-state index contributed by atoms with van der Waals surface area (Å²) in [5.41, 5.74) is 1.43. The monoisotopic (exact) mass is 204 g/mol. The largest absolute Gasteiger partial charge is 0.318 e. The van der Waals surface area contributed by atoms with Gasteiger partial charge < -0.3 is 5.32 Å². The van der Waals surface area contributed by atoms with E-state index in [4.69, 9.17) is 0 Å². The fraction of sp³-hybridized carbons (Fsp3) is 0.538. The number of nitrogens with zero attached hydrogens (tertiary/aromatic N) is 1. The van der Waals surface area contributed by atoms with Crippen molar-refractivity contribution in [2.45, 2.75) is 25.4 Å². The van der Waals surface area contributed by atoms with Crippen LogP contribution in [0.25, 0.3) is 0 Å². The quantitative estimate of drug-likeness (QED) is 0.805. The Balaban J connectivity index is 1.93. The van der Waals surface area contributed by atoms with E-state index in [0.717, 1.165) is 19.1 Å². The Bertz CT molecular complexity index is 284. The number of hydrogen-bond acceptors (Lipinski definition) is 2. The summed E-state index contributed by atoms with van der Waals surface area (Å²) in [4.78, 5) is 2.59. The number of nitrogens with one attached hydrogen (secondary N) is 1. The molecule has 1 heterocycles. The Morgan fingerprint density at radius 2 is 2.13 bits per heavy atom. The molecule has 2 nitrogen and oxygen atoms in total. The van der Waals surface area contributed by atoms with Crippen molar-refractivity contribution in [1.29, 1.82) is 0 Å².